The van der Waals surface area contributed by atoms with Crippen LogP contribution in [0.5, 0.6) is 0 Å². The normalized spacial score (nSPS) is 18.7. The zero-order valence-electron chi connectivity index (χ0n) is 12.9. The van der Waals surface area contributed by atoms with Gasteiger partial charge in [-0.15, -0.1) is 0 Å². The number of hydrazine groups is 1. The highest BCUT2D eigenvalue weighted by Gasteiger charge is 2.26. The number of hydrogen-bond acceptors (Lipinski definition) is 6. The third-order valence-electron chi connectivity index (χ3n) is 3.76. The molecule has 1 saturated heterocycles. The highest BCUT2D eigenvalue weighted by atomic mass is 16.1. The van der Waals surface area contributed by atoms with E-state index in [2.05, 4.69) is 25.6 Å². The highest BCUT2D eigenvalue weighted by molar-refractivity contribution is 5.79. The van der Waals surface area contributed by atoms with Crippen molar-refractivity contribution in [3.05, 3.63) is 11.9 Å². The van der Waals surface area contributed by atoms with Gasteiger partial charge in [0.2, 0.25) is 5.91 Å². The molecule has 4 N–H and O–H groups in total. The van der Waals surface area contributed by atoms with Crippen molar-refractivity contribution in [3.8, 4) is 0 Å². The molecule has 2 rings (SSSR count). The molecule has 0 radical (unpaired) electrons. The molecule has 1 fully saturated rings. The number of amides is 1. The van der Waals surface area contributed by atoms with Gasteiger partial charge in [0.1, 0.15) is 17.5 Å². The maximum atomic E-state index is 11.8. The Kier molecular flexibility index (Phi) is 4.95. The van der Waals surface area contributed by atoms with Gasteiger partial charge in [0.05, 0.1) is 5.92 Å². The number of rotatable bonds is 4. The number of carbonyl (C=O) groups is 1. The number of nitrogens with one attached hydrogen (secondary N) is 2. The number of carbonyl (C=O) groups excluding carboxylic acids is 1. The van der Waals surface area contributed by atoms with E-state index in [-0.39, 0.29) is 17.7 Å². The van der Waals surface area contributed by atoms with Gasteiger partial charge < -0.3 is 15.6 Å². The zero-order valence-corrected chi connectivity index (χ0v) is 12.9. The van der Waals surface area contributed by atoms with Gasteiger partial charge in [-0.25, -0.2) is 15.8 Å². The van der Waals surface area contributed by atoms with E-state index in [4.69, 9.17) is 5.84 Å². The second-order valence-corrected chi connectivity index (χ2v) is 5.67. The maximum absolute atomic E-state index is 11.8. The molecule has 21 heavy (non-hydrogen) atoms. The van der Waals surface area contributed by atoms with Gasteiger partial charge in [0.15, 0.2) is 0 Å². The average Bonchev–Trinajstić information content (AvgIpc) is 2.53. The molecule has 0 saturated carbocycles. The molecule has 0 spiro atoms. The molecule has 1 unspecified atom stereocenters. The van der Waals surface area contributed by atoms with Gasteiger partial charge in [-0.3, -0.25) is 4.79 Å². The molecule has 1 aliphatic heterocycles. The maximum Gasteiger partial charge on any atom is 0.224 e. The summed E-state index contributed by atoms with van der Waals surface area (Å²) >= 11 is 0. The zero-order chi connectivity index (χ0) is 15.4. The number of aromatic nitrogens is 2. The minimum Gasteiger partial charge on any atom is -0.359 e. The third kappa shape index (κ3) is 3.60. The number of nitrogen functional groups attached to an aromatic ring is 1. The van der Waals surface area contributed by atoms with E-state index in [1.54, 1.807) is 7.05 Å². The minimum atomic E-state index is 0.00972. The molecule has 7 nitrogen and oxygen atoms in total. The first-order valence-electron chi connectivity index (χ1n) is 7.37. The summed E-state index contributed by atoms with van der Waals surface area (Å²) in [6, 6.07) is 1.83. The van der Waals surface area contributed by atoms with Crippen LogP contribution in [0.4, 0.5) is 11.6 Å². The third-order valence-corrected chi connectivity index (χ3v) is 3.76. The van der Waals surface area contributed by atoms with Crippen LogP contribution in [-0.4, -0.2) is 36.0 Å². The summed E-state index contributed by atoms with van der Waals surface area (Å²) in [6.07, 6.45) is 1.89. The van der Waals surface area contributed by atoms with Crippen molar-refractivity contribution in [1.29, 1.82) is 0 Å². The monoisotopic (exact) mass is 292 g/mol. The van der Waals surface area contributed by atoms with Gasteiger partial charge in [0.25, 0.3) is 0 Å². The first-order chi connectivity index (χ1) is 10.0. The quantitative estimate of drug-likeness (QED) is 0.562. The Bertz CT molecular complexity index is 504. The van der Waals surface area contributed by atoms with Crippen LogP contribution in [0.2, 0.25) is 0 Å². The van der Waals surface area contributed by atoms with Crippen molar-refractivity contribution in [1.82, 2.24) is 15.3 Å². The lowest BCUT2D eigenvalue weighted by Gasteiger charge is -2.33. The van der Waals surface area contributed by atoms with E-state index in [0.29, 0.717) is 12.4 Å². The van der Waals surface area contributed by atoms with E-state index in [0.717, 1.165) is 31.0 Å². The van der Waals surface area contributed by atoms with Gasteiger partial charge in [-0.05, 0) is 12.8 Å². The molecule has 0 aliphatic carbocycles. The van der Waals surface area contributed by atoms with E-state index in [1.165, 1.54) is 0 Å². The number of nitrogens with zero attached hydrogens (tertiary/aromatic N) is 3. The van der Waals surface area contributed by atoms with Crippen molar-refractivity contribution >= 4 is 17.5 Å². The average molecular weight is 292 g/mol. The summed E-state index contributed by atoms with van der Waals surface area (Å²) in [4.78, 5) is 23.0. The Morgan fingerprint density at radius 3 is 2.86 bits per heavy atom. The molecule has 7 heteroatoms. The second kappa shape index (κ2) is 6.71. The van der Waals surface area contributed by atoms with Crippen LogP contribution in [0, 0.1) is 5.92 Å². The summed E-state index contributed by atoms with van der Waals surface area (Å²) in [5.41, 5.74) is 2.59. The van der Waals surface area contributed by atoms with E-state index in [1.807, 2.05) is 19.9 Å². The molecule has 1 atom stereocenters. The topological polar surface area (TPSA) is 96.2 Å². The minimum absolute atomic E-state index is 0.00972. The molecule has 1 amide bonds. The lowest BCUT2D eigenvalue weighted by molar-refractivity contribution is -0.124. The first kappa shape index (κ1) is 15.5. The van der Waals surface area contributed by atoms with Gasteiger partial charge in [0, 0.05) is 32.1 Å². The van der Waals surface area contributed by atoms with Crippen LogP contribution in [0.1, 0.15) is 38.4 Å². The largest absolute Gasteiger partial charge is 0.359 e. The Morgan fingerprint density at radius 2 is 2.24 bits per heavy atom. The van der Waals surface area contributed by atoms with Gasteiger partial charge >= 0.3 is 0 Å². The molecule has 0 bridgehead atoms. The Labute approximate surface area is 125 Å². The molecule has 1 aromatic heterocycles. The molecular weight excluding hydrogens is 268 g/mol. The smallest absolute Gasteiger partial charge is 0.224 e. The van der Waals surface area contributed by atoms with Crippen molar-refractivity contribution in [2.75, 3.05) is 30.5 Å². The van der Waals surface area contributed by atoms with Gasteiger partial charge in [-0.1, -0.05) is 13.8 Å². The van der Waals surface area contributed by atoms with Crippen LogP contribution in [-0.2, 0) is 4.79 Å². The number of nitrogens with two attached hydrogens (primary N) is 1. The fourth-order valence-corrected chi connectivity index (χ4v) is 2.55. The van der Waals surface area contributed by atoms with Gasteiger partial charge in [-0.2, -0.15) is 0 Å². The molecule has 2 heterocycles. The lowest BCUT2D eigenvalue weighted by atomic mass is 9.97. The summed E-state index contributed by atoms with van der Waals surface area (Å²) in [5, 5.41) is 2.73. The van der Waals surface area contributed by atoms with Crippen LogP contribution >= 0.6 is 0 Å². The summed E-state index contributed by atoms with van der Waals surface area (Å²) < 4.78 is 0. The van der Waals surface area contributed by atoms with Crippen LogP contribution in [0.3, 0.4) is 0 Å². The van der Waals surface area contributed by atoms with Crippen molar-refractivity contribution in [2.45, 2.75) is 32.6 Å². The number of piperidine rings is 1. The SMILES string of the molecule is CNC(=O)C1CCCN(c2cc(NN)nc(C(C)C)n2)C1. The van der Waals surface area contributed by atoms with Crippen LogP contribution in [0.25, 0.3) is 0 Å². The highest BCUT2D eigenvalue weighted by Crippen LogP contribution is 2.25. The van der Waals surface area contributed by atoms with Crippen molar-refractivity contribution < 1.29 is 4.79 Å². The predicted octanol–water partition coefficient (Wildman–Crippen LogP) is 0.848. The Balaban J connectivity index is 2.23. The molecule has 0 aromatic carbocycles. The number of anilines is 2. The Morgan fingerprint density at radius 1 is 1.48 bits per heavy atom. The Hall–Kier alpha value is -1.89. The summed E-state index contributed by atoms with van der Waals surface area (Å²) in [5.74, 6) is 8.00. The summed E-state index contributed by atoms with van der Waals surface area (Å²) in [7, 11) is 1.68. The van der Waals surface area contributed by atoms with E-state index >= 15 is 0 Å². The summed E-state index contributed by atoms with van der Waals surface area (Å²) in [6.45, 7) is 5.66. The molecule has 116 valence electrons. The molecular formula is C14H24N6O. The lowest BCUT2D eigenvalue weighted by Crippen LogP contribution is -2.42. The van der Waals surface area contributed by atoms with Crippen molar-refractivity contribution in [2.24, 2.45) is 11.8 Å². The molecule has 1 aromatic rings. The predicted molar refractivity (Wildman–Crippen MR) is 82.9 cm³/mol. The van der Waals surface area contributed by atoms with Crippen LogP contribution in [0.15, 0.2) is 6.07 Å². The number of hydrogen-bond donors (Lipinski definition) is 3. The first-order valence-corrected chi connectivity index (χ1v) is 7.37. The molecule has 1 aliphatic rings. The standard InChI is InChI=1S/C14H24N6O/c1-9(2)13-17-11(19-15)7-12(18-13)20-6-4-5-10(8-20)14(21)16-3/h7,9-10H,4-6,8,15H2,1-3H3,(H,16,21)(H,17,18,19). The second-order valence-electron chi connectivity index (χ2n) is 5.67. The van der Waals surface area contributed by atoms with E-state index in [9.17, 15) is 4.79 Å². The van der Waals surface area contributed by atoms with Crippen molar-refractivity contribution in [3.63, 3.8) is 0 Å². The van der Waals surface area contributed by atoms with Crippen LogP contribution < -0.4 is 21.5 Å². The van der Waals surface area contributed by atoms with E-state index < -0.39 is 0 Å². The fourth-order valence-electron chi connectivity index (χ4n) is 2.55. The fraction of sp³-hybridized carbons (Fsp3) is 0.643.